The molecule has 0 radical (unpaired) electrons. The number of rotatable bonds is 7. The van der Waals surface area contributed by atoms with Crippen LogP contribution < -0.4 is 14.9 Å². The van der Waals surface area contributed by atoms with E-state index in [4.69, 9.17) is 9.47 Å². The van der Waals surface area contributed by atoms with Crippen LogP contribution in [-0.4, -0.2) is 13.3 Å². The molecule has 5 heteroatoms. The second-order valence-corrected chi connectivity index (χ2v) is 5.56. The summed E-state index contributed by atoms with van der Waals surface area (Å²) in [6.45, 7) is 0.469. The third-order valence-electron chi connectivity index (χ3n) is 3.68. The first-order valence-electron chi connectivity index (χ1n) is 8.14. The van der Waals surface area contributed by atoms with Gasteiger partial charge in [0.15, 0.2) is 11.5 Å². The Balaban J connectivity index is 1.64. The molecule has 0 saturated heterocycles. The van der Waals surface area contributed by atoms with Gasteiger partial charge in [-0.05, 0) is 53.6 Å². The normalized spacial score (nSPS) is 10.7. The lowest BCUT2D eigenvalue weighted by molar-refractivity contribution is 0.284. The van der Waals surface area contributed by atoms with Gasteiger partial charge < -0.3 is 9.47 Å². The maximum Gasteiger partial charge on any atom is 0.161 e. The van der Waals surface area contributed by atoms with Crippen molar-refractivity contribution in [3.8, 4) is 11.5 Å². The quantitative estimate of drug-likeness (QED) is 0.489. The Kier molecular flexibility index (Phi) is 5.83. The Morgan fingerprint density at radius 2 is 1.73 bits per heavy atom. The van der Waals surface area contributed by atoms with Gasteiger partial charge in [0.05, 0.1) is 19.0 Å². The van der Waals surface area contributed by atoms with Gasteiger partial charge in [0, 0.05) is 0 Å². The first-order chi connectivity index (χ1) is 12.7. The summed E-state index contributed by atoms with van der Waals surface area (Å²) in [5.41, 5.74) is 5.49. The van der Waals surface area contributed by atoms with Crippen molar-refractivity contribution in [3.63, 3.8) is 0 Å². The summed E-state index contributed by atoms with van der Waals surface area (Å²) >= 11 is 0. The average Bonchev–Trinajstić information content (AvgIpc) is 2.69. The third kappa shape index (κ3) is 4.83. The van der Waals surface area contributed by atoms with E-state index in [-0.39, 0.29) is 5.82 Å². The first-order valence-corrected chi connectivity index (χ1v) is 8.14. The number of methoxy groups -OCH3 is 1. The maximum absolute atomic E-state index is 12.9. The van der Waals surface area contributed by atoms with Crippen LogP contribution in [0.5, 0.6) is 11.5 Å². The van der Waals surface area contributed by atoms with Crippen LogP contribution in [0.4, 0.5) is 10.1 Å². The molecular formula is C21H19FN2O2. The minimum absolute atomic E-state index is 0.282. The van der Waals surface area contributed by atoms with Gasteiger partial charge in [0.1, 0.15) is 12.4 Å². The molecule has 0 unspecified atom stereocenters. The zero-order chi connectivity index (χ0) is 18.2. The lowest BCUT2D eigenvalue weighted by atomic mass is 10.2. The molecule has 3 aromatic carbocycles. The van der Waals surface area contributed by atoms with Crippen LogP contribution in [-0.2, 0) is 6.61 Å². The lowest BCUT2D eigenvalue weighted by Crippen LogP contribution is -1.98. The second kappa shape index (κ2) is 8.67. The van der Waals surface area contributed by atoms with Crippen LogP contribution in [0.25, 0.3) is 0 Å². The Morgan fingerprint density at radius 1 is 0.962 bits per heavy atom. The number of halogens is 1. The number of nitrogens with one attached hydrogen (secondary N) is 1. The zero-order valence-corrected chi connectivity index (χ0v) is 14.4. The fourth-order valence-electron chi connectivity index (χ4n) is 2.32. The fourth-order valence-corrected chi connectivity index (χ4v) is 2.32. The van der Waals surface area contributed by atoms with Gasteiger partial charge in [0.25, 0.3) is 0 Å². The van der Waals surface area contributed by atoms with E-state index < -0.39 is 0 Å². The van der Waals surface area contributed by atoms with E-state index in [2.05, 4.69) is 10.5 Å². The number of hydrogen-bond acceptors (Lipinski definition) is 4. The van der Waals surface area contributed by atoms with Crippen LogP contribution in [0.2, 0.25) is 0 Å². The molecule has 132 valence electrons. The van der Waals surface area contributed by atoms with Crippen molar-refractivity contribution in [1.82, 2.24) is 0 Å². The number of anilines is 1. The summed E-state index contributed by atoms with van der Waals surface area (Å²) in [4.78, 5) is 0. The predicted molar refractivity (Wildman–Crippen MR) is 101 cm³/mol. The largest absolute Gasteiger partial charge is 0.493 e. The highest BCUT2D eigenvalue weighted by atomic mass is 19.1. The summed E-state index contributed by atoms with van der Waals surface area (Å²) in [5.74, 6) is 1.02. The van der Waals surface area contributed by atoms with Gasteiger partial charge in [-0.2, -0.15) is 5.10 Å². The number of hydrazone groups is 1. The molecule has 0 aliphatic rings. The van der Waals surface area contributed by atoms with E-state index in [0.29, 0.717) is 23.8 Å². The van der Waals surface area contributed by atoms with Crippen LogP contribution >= 0.6 is 0 Å². The number of ether oxygens (including phenoxy) is 2. The van der Waals surface area contributed by atoms with Gasteiger partial charge in [0.2, 0.25) is 0 Å². The Morgan fingerprint density at radius 3 is 2.46 bits per heavy atom. The minimum Gasteiger partial charge on any atom is -0.493 e. The van der Waals surface area contributed by atoms with E-state index >= 15 is 0 Å². The van der Waals surface area contributed by atoms with Gasteiger partial charge in [-0.25, -0.2) is 4.39 Å². The van der Waals surface area contributed by atoms with Crippen molar-refractivity contribution in [1.29, 1.82) is 0 Å². The average molecular weight is 350 g/mol. The molecule has 0 aromatic heterocycles. The summed E-state index contributed by atoms with van der Waals surface area (Å²) in [6.07, 6.45) is 1.66. The van der Waals surface area contributed by atoms with E-state index in [9.17, 15) is 4.39 Å². The smallest absolute Gasteiger partial charge is 0.161 e. The minimum atomic E-state index is -0.282. The van der Waals surface area contributed by atoms with Gasteiger partial charge in [-0.3, -0.25) is 5.43 Å². The van der Waals surface area contributed by atoms with Gasteiger partial charge in [-0.1, -0.05) is 30.3 Å². The van der Waals surface area contributed by atoms with E-state index in [1.165, 1.54) is 12.1 Å². The van der Waals surface area contributed by atoms with E-state index in [1.807, 2.05) is 48.5 Å². The lowest BCUT2D eigenvalue weighted by Gasteiger charge is -2.11. The SMILES string of the molecule is COc1cc(C=NNc2ccc(F)cc2)ccc1OCc1ccccc1. The summed E-state index contributed by atoms with van der Waals surface area (Å²) < 4.78 is 24.1. The highest BCUT2D eigenvalue weighted by Gasteiger charge is 2.05. The van der Waals surface area contributed by atoms with Gasteiger partial charge in [-0.15, -0.1) is 0 Å². The molecule has 3 aromatic rings. The molecule has 0 fully saturated rings. The molecule has 0 heterocycles. The third-order valence-corrected chi connectivity index (χ3v) is 3.68. The fraction of sp³-hybridized carbons (Fsp3) is 0.0952. The molecule has 0 bridgehead atoms. The van der Waals surface area contributed by atoms with Crippen molar-refractivity contribution in [3.05, 3.63) is 89.7 Å². The molecule has 26 heavy (non-hydrogen) atoms. The highest BCUT2D eigenvalue weighted by Crippen LogP contribution is 2.28. The number of hydrogen-bond donors (Lipinski definition) is 1. The molecule has 0 aliphatic carbocycles. The van der Waals surface area contributed by atoms with E-state index in [1.54, 1.807) is 25.5 Å². The zero-order valence-electron chi connectivity index (χ0n) is 14.4. The molecule has 3 rings (SSSR count). The van der Waals surface area contributed by atoms with Crippen molar-refractivity contribution >= 4 is 11.9 Å². The molecular weight excluding hydrogens is 331 g/mol. The van der Waals surface area contributed by atoms with Crippen LogP contribution in [0, 0.1) is 5.82 Å². The maximum atomic E-state index is 12.9. The summed E-state index contributed by atoms with van der Waals surface area (Å²) in [5, 5.41) is 4.15. The summed E-state index contributed by atoms with van der Waals surface area (Å²) in [7, 11) is 1.60. The molecule has 0 amide bonds. The molecule has 4 nitrogen and oxygen atoms in total. The van der Waals surface area contributed by atoms with Crippen molar-refractivity contribution in [2.24, 2.45) is 5.10 Å². The first kappa shape index (κ1) is 17.5. The predicted octanol–water partition coefficient (Wildman–Crippen LogP) is 4.86. The Labute approximate surface area is 151 Å². The number of benzene rings is 3. The van der Waals surface area contributed by atoms with E-state index in [0.717, 1.165) is 11.1 Å². The Hall–Kier alpha value is -3.34. The number of nitrogens with zero attached hydrogens (tertiary/aromatic N) is 1. The standard InChI is InChI=1S/C21H19FN2O2/c1-25-21-13-17(14-23-24-19-10-8-18(22)9-11-19)7-12-20(21)26-15-16-5-3-2-4-6-16/h2-14,24H,15H2,1H3. The molecule has 0 saturated carbocycles. The van der Waals surface area contributed by atoms with Crippen molar-refractivity contribution < 1.29 is 13.9 Å². The monoisotopic (exact) mass is 350 g/mol. The molecule has 1 N–H and O–H groups in total. The Bertz CT molecular complexity index is 865. The molecule has 0 aliphatic heterocycles. The van der Waals surface area contributed by atoms with Crippen LogP contribution in [0.15, 0.2) is 77.9 Å². The van der Waals surface area contributed by atoms with Crippen molar-refractivity contribution in [2.45, 2.75) is 6.61 Å². The van der Waals surface area contributed by atoms with Crippen LogP contribution in [0.1, 0.15) is 11.1 Å². The topological polar surface area (TPSA) is 42.8 Å². The van der Waals surface area contributed by atoms with Gasteiger partial charge >= 0.3 is 0 Å². The summed E-state index contributed by atoms with van der Waals surface area (Å²) in [6, 6.07) is 21.5. The second-order valence-electron chi connectivity index (χ2n) is 5.56. The molecule has 0 spiro atoms. The highest BCUT2D eigenvalue weighted by molar-refractivity contribution is 5.81. The van der Waals surface area contributed by atoms with Crippen LogP contribution in [0.3, 0.4) is 0 Å². The molecule has 0 atom stereocenters. The van der Waals surface area contributed by atoms with Crippen molar-refractivity contribution in [2.75, 3.05) is 12.5 Å².